The fraction of sp³-hybridized carbons (Fsp3) is 0.739. The SMILES string of the molecule is CCCN(CCC(=O)N1C[C@]2(C)C[C@H]1CC(C)(C)C2)C(=O)c1cc(C)oc1C. The third-order valence-corrected chi connectivity index (χ3v) is 6.38. The van der Waals surface area contributed by atoms with E-state index in [2.05, 4.69) is 32.6 Å². The molecule has 0 unspecified atom stereocenters. The van der Waals surface area contributed by atoms with Crippen molar-refractivity contribution in [3.63, 3.8) is 0 Å². The van der Waals surface area contributed by atoms with Crippen molar-refractivity contribution in [3.8, 4) is 0 Å². The van der Waals surface area contributed by atoms with Crippen LogP contribution in [0.1, 0.15) is 81.7 Å². The minimum Gasteiger partial charge on any atom is -0.466 e. The number of carbonyl (C=O) groups is 2. The average Bonchev–Trinajstić information content (AvgIpc) is 3.04. The molecule has 1 aromatic rings. The molecule has 2 aliphatic rings. The zero-order chi connectivity index (χ0) is 20.7. The van der Waals surface area contributed by atoms with Crippen molar-refractivity contribution < 1.29 is 14.0 Å². The van der Waals surface area contributed by atoms with Gasteiger partial charge in [0, 0.05) is 32.1 Å². The highest BCUT2D eigenvalue weighted by molar-refractivity contribution is 5.95. The van der Waals surface area contributed by atoms with Gasteiger partial charge in [-0.3, -0.25) is 9.59 Å². The summed E-state index contributed by atoms with van der Waals surface area (Å²) < 4.78 is 5.53. The molecule has 5 heteroatoms. The number of carbonyl (C=O) groups excluding carboxylic acids is 2. The lowest BCUT2D eigenvalue weighted by atomic mass is 9.65. The topological polar surface area (TPSA) is 53.8 Å². The van der Waals surface area contributed by atoms with Crippen LogP contribution in [0.25, 0.3) is 0 Å². The molecule has 28 heavy (non-hydrogen) atoms. The van der Waals surface area contributed by atoms with Crippen molar-refractivity contribution in [2.45, 2.75) is 79.7 Å². The molecule has 5 nitrogen and oxygen atoms in total. The van der Waals surface area contributed by atoms with Gasteiger partial charge in [-0.2, -0.15) is 0 Å². The highest BCUT2D eigenvalue weighted by atomic mass is 16.3. The molecule has 0 aromatic carbocycles. The summed E-state index contributed by atoms with van der Waals surface area (Å²) in [4.78, 5) is 29.9. The van der Waals surface area contributed by atoms with E-state index in [9.17, 15) is 9.59 Å². The van der Waals surface area contributed by atoms with Crippen LogP contribution in [0.5, 0.6) is 0 Å². The van der Waals surface area contributed by atoms with E-state index in [1.165, 1.54) is 6.42 Å². The number of amides is 2. The molecule has 2 amide bonds. The van der Waals surface area contributed by atoms with Crippen molar-refractivity contribution in [1.29, 1.82) is 0 Å². The lowest BCUT2D eigenvalue weighted by molar-refractivity contribution is -0.132. The molecule has 156 valence electrons. The molecule has 3 rings (SSSR count). The summed E-state index contributed by atoms with van der Waals surface area (Å²) in [7, 11) is 0. The van der Waals surface area contributed by atoms with Gasteiger partial charge in [0.25, 0.3) is 5.91 Å². The molecule has 1 aliphatic carbocycles. The number of hydrogen-bond acceptors (Lipinski definition) is 3. The minimum absolute atomic E-state index is 0.0303. The van der Waals surface area contributed by atoms with Crippen LogP contribution in [0, 0.1) is 24.7 Å². The quantitative estimate of drug-likeness (QED) is 0.717. The lowest BCUT2D eigenvalue weighted by Crippen LogP contribution is -2.40. The normalized spacial score (nSPS) is 25.8. The molecule has 2 atom stereocenters. The molecule has 0 N–H and O–H groups in total. The Balaban J connectivity index is 1.65. The Morgan fingerprint density at radius 1 is 1.21 bits per heavy atom. The maximum atomic E-state index is 13.0. The van der Waals surface area contributed by atoms with Crippen molar-refractivity contribution in [2.75, 3.05) is 19.6 Å². The Hall–Kier alpha value is -1.78. The first-order valence-electron chi connectivity index (χ1n) is 10.7. The van der Waals surface area contributed by atoms with E-state index < -0.39 is 0 Å². The van der Waals surface area contributed by atoms with Crippen LogP contribution in [0.3, 0.4) is 0 Å². The minimum atomic E-state index is -0.0303. The van der Waals surface area contributed by atoms with E-state index in [0.29, 0.717) is 42.3 Å². The highest BCUT2D eigenvalue weighted by Crippen LogP contribution is 2.52. The smallest absolute Gasteiger partial charge is 0.257 e. The van der Waals surface area contributed by atoms with Crippen LogP contribution in [0.15, 0.2) is 10.5 Å². The molecule has 1 aliphatic heterocycles. The second-order valence-electron chi connectivity index (χ2n) is 10.1. The first-order valence-corrected chi connectivity index (χ1v) is 10.7. The average molecular weight is 389 g/mol. The third kappa shape index (κ3) is 4.28. The van der Waals surface area contributed by atoms with Gasteiger partial charge in [0.15, 0.2) is 0 Å². The number of aryl methyl sites for hydroxylation is 2. The second-order valence-corrected chi connectivity index (χ2v) is 10.1. The van der Waals surface area contributed by atoms with Gasteiger partial charge in [0.05, 0.1) is 5.56 Å². The van der Waals surface area contributed by atoms with Crippen LogP contribution >= 0.6 is 0 Å². The molecular formula is C23H36N2O3. The van der Waals surface area contributed by atoms with Crippen LogP contribution in [0.2, 0.25) is 0 Å². The number of nitrogens with zero attached hydrogens (tertiary/aromatic N) is 2. The maximum absolute atomic E-state index is 13.0. The fourth-order valence-corrected chi connectivity index (χ4v) is 5.72. The number of rotatable bonds is 6. The molecule has 1 aromatic heterocycles. The van der Waals surface area contributed by atoms with Crippen molar-refractivity contribution >= 4 is 11.8 Å². The van der Waals surface area contributed by atoms with Crippen LogP contribution in [-0.2, 0) is 4.79 Å². The Morgan fingerprint density at radius 2 is 1.93 bits per heavy atom. The summed E-state index contributed by atoms with van der Waals surface area (Å²) >= 11 is 0. The number of furan rings is 1. The summed E-state index contributed by atoms with van der Waals surface area (Å²) in [5.74, 6) is 1.56. The molecule has 0 spiro atoms. The van der Waals surface area contributed by atoms with Crippen LogP contribution in [0.4, 0.5) is 0 Å². The Morgan fingerprint density at radius 3 is 2.54 bits per heavy atom. The van der Waals surface area contributed by atoms with Crippen molar-refractivity contribution in [3.05, 3.63) is 23.2 Å². The van der Waals surface area contributed by atoms with Gasteiger partial charge in [-0.25, -0.2) is 0 Å². The van der Waals surface area contributed by atoms with E-state index in [-0.39, 0.29) is 17.2 Å². The number of hydrogen-bond donors (Lipinski definition) is 0. The largest absolute Gasteiger partial charge is 0.466 e. The van der Waals surface area contributed by atoms with Gasteiger partial charge in [-0.1, -0.05) is 27.7 Å². The summed E-state index contributed by atoms with van der Waals surface area (Å²) in [6.45, 7) is 14.7. The predicted octanol–water partition coefficient (Wildman–Crippen LogP) is 4.57. The molecule has 1 saturated carbocycles. The van der Waals surface area contributed by atoms with Gasteiger partial charge in [0.2, 0.25) is 5.91 Å². The van der Waals surface area contributed by atoms with Crippen LogP contribution < -0.4 is 0 Å². The first-order chi connectivity index (χ1) is 13.0. The predicted molar refractivity (Wildman–Crippen MR) is 110 cm³/mol. The van der Waals surface area contributed by atoms with E-state index in [1.807, 2.05) is 18.7 Å². The summed E-state index contributed by atoms with van der Waals surface area (Å²) in [5.41, 5.74) is 1.16. The van der Waals surface area contributed by atoms with Crippen molar-refractivity contribution in [2.24, 2.45) is 10.8 Å². The molecule has 2 bridgehead atoms. The van der Waals surface area contributed by atoms with Crippen molar-refractivity contribution in [1.82, 2.24) is 9.80 Å². The summed E-state index contributed by atoms with van der Waals surface area (Å²) in [6.07, 6.45) is 4.65. The van der Waals surface area contributed by atoms with Gasteiger partial charge in [0.1, 0.15) is 11.5 Å². The first kappa shape index (κ1) is 20.9. The summed E-state index contributed by atoms with van der Waals surface area (Å²) in [5, 5.41) is 0. The van der Waals surface area contributed by atoms with Gasteiger partial charge in [-0.15, -0.1) is 0 Å². The molecule has 1 saturated heterocycles. The molecule has 2 heterocycles. The molecular weight excluding hydrogens is 352 g/mol. The Bertz CT molecular complexity index is 751. The second kappa shape index (κ2) is 7.57. The van der Waals surface area contributed by atoms with Gasteiger partial charge in [-0.05, 0) is 56.4 Å². The Kier molecular flexibility index (Phi) is 5.66. The summed E-state index contributed by atoms with van der Waals surface area (Å²) in [6, 6.07) is 2.16. The lowest BCUT2D eigenvalue weighted by Gasteiger charge is -2.39. The Labute approximate surface area is 169 Å². The number of likely N-dealkylation sites (tertiary alicyclic amines) is 1. The van der Waals surface area contributed by atoms with E-state index in [4.69, 9.17) is 4.42 Å². The van der Waals surface area contributed by atoms with E-state index >= 15 is 0 Å². The van der Waals surface area contributed by atoms with Gasteiger partial charge < -0.3 is 14.2 Å². The van der Waals surface area contributed by atoms with Gasteiger partial charge >= 0.3 is 0 Å². The standard InChI is InChI=1S/C23H36N2O3/c1-7-9-24(21(27)19-11-16(2)28-17(19)3)10-8-20(26)25-15-23(6)13-18(25)12-22(4,5)14-23/h11,18H,7-10,12-15H2,1-6H3/t18-,23-/m1/s1. The van der Waals surface area contributed by atoms with Crippen LogP contribution in [-0.4, -0.2) is 47.3 Å². The number of fused-ring (bicyclic) bond motifs is 2. The molecule has 2 fully saturated rings. The molecule has 0 radical (unpaired) electrons. The highest BCUT2D eigenvalue weighted by Gasteiger charge is 2.50. The van der Waals surface area contributed by atoms with E-state index in [0.717, 1.165) is 31.6 Å². The zero-order valence-electron chi connectivity index (χ0n) is 18.4. The maximum Gasteiger partial charge on any atom is 0.257 e. The zero-order valence-corrected chi connectivity index (χ0v) is 18.4. The monoisotopic (exact) mass is 388 g/mol. The van der Waals surface area contributed by atoms with E-state index in [1.54, 1.807) is 6.07 Å². The third-order valence-electron chi connectivity index (χ3n) is 6.38. The fourth-order valence-electron chi connectivity index (χ4n) is 5.72.